The van der Waals surface area contributed by atoms with E-state index >= 15 is 0 Å². The van der Waals surface area contributed by atoms with Gasteiger partial charge in [0, 0.05) is 12.1 Å². The average molecular weight is 377 g/mol. The summed E-state index contributed by atoms with van der Waals surface area (Å²) in [6.07, 6.45) is -9.79. The first kappa shape index (κ1) is 19.6. The Bertz CT molecular complexity index is 766. The van der Waals surface area contributed by atoms with E-state index in [4.69, 9.17) is 0 Å². The van der Waals surface area contributed by atoms with Gasteiger partial charge in [0.1, 0.15) is 5.75 Å². The monoisotopic (exact) mass is 377 g/mol. The number of carbonyl (C=O) groups excluding carboxylic acids is 1. The SMILES string of the molecule is O=C(NCCc1cccc(O)c1)c1cc(C(F)(F)F)cc(C(F)(F)F)c1. The van der Waals surface area contributed by atoms with Gasteiger partial charge in [-0.1, -0.05) is 12.1 Å². The molecule has 0 aliphatic heterocycles. The zero-order valence-corrected chi connectivity index (χ0v) is 13.1. The van der Waals surface area contributed by atoms with E-state index in [0.29, 0.717) is 17.7 Å². The molecule has 26 heavy (non-hydrogen) atoms. The molecule has 0 aromatic heterocycles. The van der Waals surface area contributed by atoms with Gasteiger partial charge in [0.15, 0.2) is 0 Å². The second kappa shape index (κ2) is 7.27. The van der Waals surface area contributed by atoms with Crippen LogP contribution in [0.25, 0.3) is 0 Å². The van der Waals surface area contributed by atoms with Crippen molar-refractivity contribution < 1.29 is 36.2 Å². The number of aromatic hydroxyl groups is 1. The van der Waals surface area contributed by atoms with Gasteiger partial charge in [-0.15, -0.1) is 0 Å². The summed E-state index contributed by atoms with van der Waals surface area (Å²) in [6.45, 7) is -0.0279. The normalized spacial score (nSPS) is 12.1. The Balaban J connectivity index is 2.17. The highest BCUT2D eigenvalue weighted by Crippen LogP contribution is 2.36. The molecule has 0 radical (unpaired) electrons. The lowest BCUT2D eigenvalue weighted by Gasteiger charge is -2.14. The smallest absolute Gasteiger partial charge is 0.416 e. The van der Waals surface area contributed by atoms with E-state index in [9.17, 15) is 36.2 Å². The van der Waals surface area contributed by atoms with E-state index < -0.39 is 35.0 Å². The highest BCUT2D eigenvalue weighted by Gasteiger charge is 2.37. The average Bonchev–Trinajstić information content (AvgIpc) is 2.52. The molecule has 0 spiro atoms. The van der Waals surface area contributed by atoms with Crippen LogP contribution >= 0.6 is 0 Å². The molecule has 0 saturated heterocycles. The first-order valence-electron chi connectivity index (χ1n) is 7.32. The molecule has 2 aromatic rings. The first-order chi connectivity index (χ1) is 12.0. The molecule has 0 heterocycles. The molecule has 1 amide bonds. The number of phenols is 1. The van der Waals surface area contributed by atoms with Crippen molar-refractivity contribution >= 4 is 5.91 Å². The number of amides is 1. The third-order valence-corrected chi connectivity index (χ3v) is 3.46. The molecular formula is C17H13F6NO2. The zero-order valence-electron chi connectivity index (χ0n) is 13.1. The van der Waals surface area contributed by atoms with Crippen LogP contribution in [0.1, 0.15) is 27.0 Å². The lowest BCUT2D eigenvalue weighted by atomic mass is 10.0. The number of rotatable bonds is 4. The number of halogens is 6. The third-order valence-electron chi connectivity index (χ3n) is 3.46. The second-order valence-corrected chi connectivity index (χ2v) is 5.47. The number of hydrogen-bond acceptors (Lipinski definition) is 2. The van der Waals surface area contributed by atoms with Crippen LogP contribution in [0, 0.1) is 0 Å². The van der Waals surface area contributed by atoms with Crippen LogP contribution in [-0.2, 0) is 18.8 Å². The fourth-order valence-corrected chi connectivity index (χ4v) is 2.22. The highest BCUT2D eigenvalue weighted by molar-refractivity contribution is 5.94. The van der Waals surface area contributed by atoms with E-state index in [1.54, 1.807) is 12.1 Å². The minimum Gasteiger partial charge on any atom is -0.508 e. The summed E-state index contributed by atoms with van der Waals surface area (Å²) in [6, 6.07) is 6.79. The molecule has 0 unspecified atom stereocenters. The minimum atomic E-state index is -5.02. The van der Waals surface area contributed by atoms with Gasteiger partial charge in [0.05, 0.1) is 11.1 Å². The maximum absolute atomic E-state index is 12.8. The Morgan fingerprint density at radius 3 is 2.00 bits per heavy atom. The van der Waals surface area contributed by atoms with Gasteiger partial charge >= 0.3 is 12.4 Å². The summed E-state index contributed by atoms with van der Waals surface area (Å²) in [4.78, 5) is 12.0. The summed E-state index contributed by atoms with van der Waals surface area (Å²) < 4.78 is 76.7. The molecule has 0 bridgehead atoms. The van der Waals surface area contributed by atoms with Crippen molar-refractivity contribution in [3.63, 3.8) is 0 Å². The third kappa shape index (κ3) is 5.14. The van der Waals surface area contributed by atoms with Crippen molar-refractivity contribution in [3.05, 3.63) is 64.7 Å². The predicted molar refractivity (Wildman–Crippen MR) is 80.6 cm³/mol. The molecule has 2 aromatic carbocycles. The van der Waals surface area contributed by atoms with Crippen LogP contribution in [0.4, 0.5) is 26.3 Å². The number of nitrogens with one attached hydrogen (secondary N) is 1. The van der Waals surface area contributed by atoms with E-state index in [-0.39, 0.29) is 24.8 Å². The van der Waals surface area contributed by atoms with Gasteiger partial charge in [-0.05, 0) is 42.3 Å². The van der Waals surface area contributed by atoms with Gasteiger partial charge in [-0.25, -0.2) is 0 Å². The number of phenolic OH excluding ortho intramolecular Hbond substituents is 1. The quantitative estimate of drug-likeness (QED) is 0.776. The molecule has 3 nitrogen and oxygen atoms in total. The second-order valence-electron chi connectivity index (χ2n) is 5.47. The predicted octanol–water partition coefficient (Wildman–Crippen LogP) is 4.40. The van der Waals surface area contributed by atoms with Crippen LogP contribution < -0.4 is 5.32 Å². The highest BCUT2D eigenvalue weighted by atomic mass is 19.4. The molecule has 2 rings (SSSR count). The van der Waals surface area contributed by atoms with Gasteiger partial charge in [-0.3, -0.25) is 4.79 Å². The van der Waals surface area contributed by atoms with Crippen molar-refractivity contribution in [1.82, 2.24) is 5.32 Å². The van der Waals surface area contributed by atoms with E-state index in [2.05, 4.69) is 5.32 Å². The standard InChI is InChI=1S/C17H13F6NO2/c18-16(19,20)12-7-11(8-13(9-12)17(21,22)23)15(26)24-5-4-10-2-1-3-14(25)6-10/h1-3,6-9,25H,4-5H2,(H,24,26). The fraction of sp³-hybridized carbons (Fsp3) is 0.235. The summed E-state index contributed by atoms with van der Waals surface area (Å²) in [5.74, 6) is -1.05. The number of alkyl halides is 6. The minimum absolute atomic E-state index is 0.00141. The molecule has 0 atom stereocenters. The summed E-state index contributed by atoms with van der Waals surface area (Å²) >= 11 is 0. The van der Waals surface area contributed by atoms with Crippen molar-refractivity contribution in [2.45, 2.75) is 18.8 Å². The van der Waals surface area contributed by atoms with Gasteiger partial charge in [-0.2, -0.15) is 26.3 Å². The molecule has 0 fully saturated rings. The summed E-state index contributed by atoms with van der Waals surface area (Å²) in [5.41, 5.74) is -3.19. The van der Waals surface area contributed by atoms with Crippen molar-refractivity contribution in [3.8, 4) is 5.75 Å². The Hall–Kier alpha value is -2.71. The Morgan fingerprint density at radius 2 is 1.50 bits per heavy atom. The van der Waals surface area contributed by atoms with Crippen LogP contribution in [0.2, 0.25) is 0 Å². The number of hydrogen-bond donors (Lipinski definition) is 2. The lowest BCUT2D eigenvalue weighted by molar-refractivity contribution is -0.143. The van der Waals surface area contributed by atoms with Crippen molar-refractivity contribution in [2.75, 3.05) is 6.54 Å². The zero-order chi connectivity index (χ0) is 19.5. The Kier molecular flexibility index (Phi) is 5.48. The van der Waals surface area contributed by atoms with Crippen LogP contribution in [0.3, 0.4) is 0 Å². The van der Waals surface area contributed by atoms with Crippen molar-refractivity contribution in [1.29, 1.82) is 0 Å². The molecule has 0 aliphatic rings. The molecule has 9 heteroatoms. The Labute approximate surface area is 144 Å². The molecule has 2 N–H and O–H groups in total. The van der Waals surface area contributed by atoms with Gasteiger partial charge in [0.2, 0.25) is 0 Å². The lowest BCUT2D eigenvalue weighted by Crippen LogP contribution is -2.26. The molecule has 140 valence electrons. The van der Waals surface area contributed by atoms with Crippen LogP contribution in [0.5, 0.6) is 5.75 Å². The summed E-state index contributed by atoms with van der Waals surface area (Å²) in [7, 11) is 0. The van der Waals surface area contributed by atoms with E-state index in [1.165, 1.54) is 12.1 Å². The maximum atomic E-state index is 12.8. The van der Waals surface area contributed by atoms with Gasteiger partial charge in [0.25, 0.3) is 5.91 Å². The largest absolute Gasteiger partial charge is 0.508 e. The van der Waals surface area contributed by atoms with E-state index in [1.807, 2.05) is 0 Å². The number of benzene rings is 2. The maximum Gasteiger partial charge on any atom is 0.416 e. The van der Waals surface area contributed by atoms with Crippen LogP contribution in [-0.4, -0.2) is 17.6 Å². The van der Waals surface area contributed by atoms with Crippen molar-refractivity contribution in [2.24, 2.45) is 0 Å². The number of carbonyl (C=O) groups is 1. The summed E-state index contributed by atoms with van der Waals surface area (Å²) in [5, 5.41) is 11.6. The first-order valence-corrected chi connectivity index (χ1v) is 7.32. The fourth-order valence-electron chi connectivity index (χ4n) is 2.22. The molecule has 0 aliphatic carbocycles. The van der Waals surface area contributed by atoms with Gasteiger partial charge < -0.3 is 10.4 Å². The Morgan fingerprint density at radius 1 is 0.923 bits per heavy atom. The molecule has 0 saturated carbocycles. The molecular weight excluding hydrogens is 364 g/mol. The van der Waals surface area contributed by atoms with Crippen LogP contribution in [0.15, 0.2) is 42.5 Å². The van der Waals surface area contributed by atoms with E-state index in [0.717, 1.165) is 0 Å². The topological polar surface area (TPSA) is 49.3 Å².